The van der Waals surface area contributed by atoms with Crippen molar-refractivity contribution in [2.24, 2.45) is 5.73 Å². The molecule has 1 rings (SSSR count). The molecule has 0 atom stereocenters. The van der Waals surface area contributed by atoms with E-state index in [0.717, 1.165) is 10.6 Å². The molecule has 0 aromatic carbocycles. The number of nitrogens with zero attached hydrogens (tertiary/aromatic N) is 3. The van der Waals surface area contributed by atoms with Crippen molar-refractivity contribution in [1.29, 1.82) is 0 Å². The van der Waals surface area contributed by atoms with Gasteiger partial charge in [0.15, 0.2) is 5.82 Å². The molecule has 78 valence electrons. The predicted octanol–water partition coefficient (Wildman–Crippen LogP) is -0.669. The van der Waals surface area contributed by atoms with Crippen molar-refractivity contribution in [2.45, 2.75) is 6.54 Å². The number of aromatic nitrogens is 2. The third-order valence-electron chi connectivity index (χ3n) is 1.58. The van der Waals surface area contributed by atoms with Crippen LogP contribution in [0.4, 0.5) is 5.82 Å². The lowest BCUT2D eigenvalue weighted by molar-refractivity contribution is 0.599. The Morgan fingerprint density at radius 1 is 1.57 bits per heavy atom. The first-order valence-corrected chi connectivity index (χ1v) is 5.62. The Morgan fingerprint density at radius 3 is 2.71 bits per heavy atom. The average molecular weight is 217 g/mol. The van der Waals surface area contributed by atoms with Crippen LogP contribution in [0, 0.1) is 0 Å². The molecular weight excluding hydrogens is 204 g/mol. The van der Waals surface area contributed by atoms with Crippen molar-refractivity contribution < 1.29 is 9.79 Å². The van der Waals surface area contributed by atoms with E-state index in [4.69, 9.17) is 7.10 Å². The second-order valence-electron chi connectivity index (χ2n) is 2.64. The van der Waals surface area contributed by atoms with Crippen LogP contribution >= 0.6 is 0 Å². The molecule has 0 radical (unpaired) electrons. The minimum absolute atomic E-state index is 0.0786. The Hall–Kier alpha value is -1.21. The van der Waals surface area contributed by atoms with Crippen LogP contribution in [0.3, 0.4) is 0 Å². The molecule has 1 aromatic rings. The molecule has 14 heavy (non-hydrogen) atoms. The summed E-state index contributed by atoms with van der Waals surface area (Å²) in [5.74, 6) is 0.123. The van der Waals surface area contributed by atoms with Gasteiger partial charge in [0, 0.05) is 27.3 Å². The van der Waals surface area contributed by atoms with Gasteiger partial charge in [0.1, 0.15) is 0 Å². The number of nitrogens with two attached hydrogens (primary N) is 1. The van der Waals surface area contributed by atoms with E-state index >= 15 is 0 Å². The lowest BCUT2D eigenvalue weighted by atomic mass is 10.4. The fourth-order valence-electron chi connectivity index (χ4n) is 0.869. The first-order chi connectivity index (χ1) is 7.00. The average Bonchev–Trinajstić information content (AvgIpc) is 2.17. The van der Waals surface area contributed by atoms with Crippen molar-refractivity contribution in [3.63, 3.8) is 0 Å². The Balaban J connectivity index is 3.24. The van der Waals surface area contributed by atoms with Crippen LogP contribution in [0.1, 0.15) is 7.06 Å². The highest BCUT2D eigenvalue weighted by Crippen LogP contribution is 2.14. The topological polar surface area (TPSA) is 89.2 Å². The minimum atomic E-state index is -3.51. The Bertz CT molecular complexity index is 436. The Labute approximate surface area is 84.2 Å². The molecule has 0 amide bonds. The molecule has 0 aliphatic rings. The van der Waals surface area contributed by atoms with Crippen molar-refractivity contribution in [3.05, 3.63) is 18.1 Å². The van der Waals surface area contributed by atoms with Gasteiger partial charge in [0.05, 0.1) is 11.9 Å². The van der Waals surface area contributed by atoms with E-state index in [1.165, 1.54) is 12.4 Å². The van der Waals surface area contributed by atoms with Crippen LogP contribution in [-0.4, -0.2) is 31.7 Å². The highest BCUT2D eigenvalue weighted by Gasteiger charge is 2.16. The van der Waals surface area contributed by atoms with E-state index in [1.54, 1.807) is 0 Å². The molecule has 0 unspecified atom stereocenters. The maximum atomic E-state index is 11.3. The maximum Gasteiger partial charge on any atom is 0.233 e. The summed E-state index contributed by atoms with van der Waals surface area (Å²) in [6.45, 7) is 0.0786. The zero-order valence-electron chi connectivity index (χ0n) is 8.71. The Kier molecular flexibility index (Phi) is 2.60. The fraction of sp³-hybridized carbons (Fsp3) is 0.429. The monoisotopic (exact) mass is 217 g/mol. The van der Waals surface area contributed by atoms with Crippen molar-refractivity contribution in [1.82, 2.24) is 9.97 Å². The summed E-state index contributed by atoms with van der Waals surface area (Å²) >= 11 is 0. The van der Waals surface area contributed by atoms with E-state index in [0.29, 0.717) is 5.69 Å². The first-order valence-electron chi connectivity index (χ1n) is 4.48. The molecule has 0 saturated carbocycles. The summed E-state index contributed by atoms with van der Waals surface area (Å²) in [5.41, 5.74) is 5.76. The van der Waals surface area contributed by atoms with Gasteiger partial charge in [-0.15, -0.1) is 0 Å². The number of hydrogen-bond donors (Lipinski definition) is 1. The summed E-state index contributed by atoms with van der Waals surface area (Å²) in [4.78, 5) is 7.77. The quantitative estimate of drug-likeness (QED) is 0.725. The molecule has 0 aliphatic heterocycles. The molecule has 0 bridgehead atoms. The van der Waals surface area contributed by atoms with Crippen LogP contribution < -0.4 is 10.0 Å². The summed E-state index contributed by atoms with van der Waals surface area (Å²) < 4.78 is 30.7. The SMILES string of the molecule is [2H]CN(c1nccnc1CN)S(C)(=O)=O. The third kappa shape index (κ3) is 2.18. The van der Waals surface area contributed by atoms with E-state index in [2.05, 4.69) is 9.97 Å². The molecule has 7 heteroatoms. The fourth-order valence-corrected chi connectivity index (χ4v) is 1.34. The summed E-state index contributed by atoms with van der Waals surface area (Å²) in [5, 5.41) is 0. The van der Waals surface area contributed by atoms with Crippen molar-refractivity contribution in [3.8, 4) is 0 Å². The number of anilines is 1. The molecule has 0 aliphatic carbocycles. The van der Waals surface area contributed by atoms with Crippen LogP contribution in [0.2, 0.25) is 0 Å². The smallest absolute Gasteiger partial charge is 0.233 e. The molecule has 6 nitrogen and oxygen atoms in total. The first kappa shape index (κ1) is 9.35. The molecular formula is C7H12N4O2S. The van der Waals surface area contributed by atoms with Crippen molar-refractivity contribution >= 4 is 15.8 Å². The third-order valence-corrected chi connectivity index (χ3v) is 2.56. The summed E-state index contributed by atoms with van der Waals surface area (Å²) in [7, 11) is -3.95. The number of rotatable bonds is 3. The van der Waals surface area contributed by atoms with Gasteiger partial charge in [-0.25, -0.2) is 13.4 Å². The second-order valence-corrected chi connectivity index (χ2v) is 4.55. The number of sulfonamides is 1. The van der Waals surface area contributed by atoms with E-state index < -0.39 is 17.0 Å². The number of hydrogen-bond acceptors (Lipinski definition) is 5. The van der Waals surface area contributed by atoms with E-state index in [1.807, 2.05) is 0 Å². The molecule has 2 N–H and O–H groups in total. The van der Waals surface area contributed by atoms with Crippen LogP contribution in [0.25, 0.3) is 0 Å². The van der Waals surface area contributed by atoms with E-state index in [9.17, 15) is 8.42 Å². The van der Waals surface area contributed by atoms with Gasteiger partial charge in [0.25, 0.3) is 0 Å². The van der Waals surface area contributed by atoms with Gasteiger partial charge in [-0.1, -0.05) is 0 Å². The van der Waals surface area contributed by atoms with Gasteiger partial charge in [-0.3, -0.25) is 9.29 Å². The van der Waals surface area contributed by atoms with Gasteiger partial charge in [-0.2, -0.15) is 0 Å². The lowest BCUT2D eigenvalue weighted by Gasteiger charge is -2.16. The predicted molar refractivity (Wildman–Crippen MR) is 53.2 cm³/mol. The highest BCUT2D eigenvalue weighted by molar-refractivity contribution is 7.92. The maximum absolute atomic E-state index is 11.3. The standard InChI is InChI=1S/C7H12N4O2S/c1-11(14(2,12)13)7-6(5-8)9-3-4-10-7/h3-4H,5,8H2,1-2H3/i1D. The van der Waals surface area contributed by atoms with Gasteiger partial charge in [-0.05, 0) is 0 Å². The van der Waals surface area contributed by atoms with Gasteiger partial charge < -0.3 is 5.73 Å². The molecule has 0 fully saturated rings. The van der Waals surface area contributed by atoms with Gasteiger partial charge in [0.2, 0.25) is 10.0 Å². The lowest BCUT2D eigenvalue weighted by Crippen LogP contribution is -2.27. The highest BCUT2D eigenvalue weighted by atomic mass is 32.2. The van der Waals surface area contributed by atoms with E-state index in [-0.39, 0.29) is 12.4 Å². The molecule has 1 aromatic heterocycles. The molecule has 0 spiro atoms. The summed E-state index contributed by atoms with van der Waals surface area (Å²) in [6, 6.07) is 0. The molecule has 1 heterocycles. The zero-order valence-corrected chi connectivity index (χ0v) is 8.53. The molecule has 0 saturated heterocycles. The van der Waals surface area contributed by atoms with Crippen LogP contribution in [0.15, 0.2) is 12.4 Å². The largest absolute Gasteiger partial charge is 0.325 e. The van der Waals surface area contributed by atoms with Crippen molar-refractivity contribution in [2.75, 3.05) is 17.6 Å². The normalized spacial score (nSPS) is 12.3. The van der Waals surface area contributed by atoms with Crippen LogP contribution in [-0.2, 0) is 16.6 Å². The van der Waals surface area contributed by atoms with Gasteiger partial charge >= 0.3 is 0 Å². The Morgan fingerprint density at radius 2 is 2.21 bits per heavy atom. The minimum Gasteiger partial charge on any atom is -0.325 e. The van der Waals surface area contributed by atoms with Crippen LogP contribution in [0.5, 0.6) is 0 Å². The zero-order chi connectivity index (χ0) is 11.5. The summed E-state index contributed by atoms with van der Waals surface area (Å²) in [6.07, 6.45) is 3.80. The second kappa shape index (κ2) is 3.89.